The second-order valence-electron chi connectivity index (χ2n) is 7.61. The molecule has 0 aromatic heterocycles. The molecule has 1 rings (SSSR count). The Bertz CT molecular complexity index is 572. The zero-order chi connectivity index (χ0) is 17.0. The first-order valence-corrected chi connectivity index (χ1v) is 9.14. The molecule has 0 bridgehead atoms. The third kappa shape index (κ3) is 9.72. The molecule has 0 aliphatic carbocycles. The summed E-state index contributed by atoms with van der Waals surface area (Å²) in [6, 6.07) is 7.88. The first-order valence-electron chi connectivity index (χ1n) is 7.56. The number of hydrogen-bond acceptors (Lipinski definition) is 4. The number of benzene rings is 1. The van der Waals surface area contributed by atoms with Gasteiger partial charge in [0.25, 0.3) is 0 Å². The quantitative estimate of drug-likeness (QED) is 0.413. The van der Waals surface area contributed by atoms with Gasteiger partial charge in [-0.05, 0) is 41.4 Å². The SMILES string of the molecule is CC(C)(C)CC(C)(C)c1ccc(OCCCS(=O)(=O)[O-])cc1.[Na+]. The number of rotatable bonds is 7. The molecule has 0 unspecified atom stereocenters. The first-order chi connectivity index (χ1) is 9.89. The third-order valence-corrected chi connectivity index (χ3v) is 4.20. The van der Waals surface area contributed by atoms with Crippen molar-refractivity contribution in [2.45, 2.75) is 52.9 Å². The molecule has 0 N–H and O–H groups in total. The molecular weight excluding hydrogens is 323 g/mol. The van der Waals surface area contributed by atoms with Crippen LogP contribution in [-0.2, 0) is 15.5 Å². The van der Waals surface area contributed by atoms with Crippen LogP contribution in [0.25, 0.3) is 0 Å². The summed E-state index contributed by atoms with van der Waals surface area (Å²) in [6.45, 7) is 11.4. The molecule has 0 fully saturated rings. The van der Waals surface area contributed by atoms with Gasteiger partial charge in [0.2, 0.25) is 0 Å². The van der Waals surface area contributed by atoms with Gasteiger partial charge in [-0.15, -0.1) is 0 Å². The molecule has 0 saturated heterocycles. The van der Waals surface area contributed by atoms with Crippen LogP contribution in [0.15, 0.2) is 24.3 Å². The Morgan fingerprint density at radius 2 is 1.57 bits per heavy atom. The fourth-order valence-corrected chi connectivity index (χ4v) is 3.33. The van der Waals surface area contributed by atoms with Crippen molar-refractivity contribution in [1.82, 2.24) is 0 Å². The zero-order valence-electron chi connectivity index (χ0n) is 15.2. The molecular formula is C17H27NaO4S. The maximum atomic E-state index is 10.5. The Morgan fingerprint density at radius 3 is 2.00 bits per heavy atom. The second-order valence-corrected chi connectivity index (χ2v) is 9.13. The monoisotopic (exact) mass is 350 g/mol. The minimum atomic E-state index is -4.15. The van der Waals surface area contributed by atoms with Crippen LogP contribution < -0.4 is 34.3 Å². The van der Waals surface area contributed by atoms with Crippen molar-refractivity contribution >= 4 is 10.1 Å². The maximum absolute atomic E-state index is 10.5. The molecule has 0 aliphatic heterocycles. The largest absolute Gasteiger partial charge is 1.00 e. The van der Waals surface area contributed by atoms with Crippen molar-refractivity contribution in [3.8, 4) is 5.75 Å². The van der Waals surface area contributed by atoms with Gasteiger partial charge in [-0.3, -0.25) is 0 Å². The predicted molar refractivity (Wildman–Crippen MR) is 88.2 cm³/mol. The van der Waals surface area contributed by atoms with Gasteiger partial charge < -0.3 is 9.29 Å². The smallest absolute Gasteiger partial charge is 0.748 e. The first kappa shape index (κ1) is 22.9. The van der Waals surface area contributed by atoms with Crippen molar-refractivity contribution in [3.05, 3.63) is 29.8 Å². The Morgan fingerprint density at radius 1 is 1.04 bits per heavy atom. The van der Waals surface area contributed by atoms with Gasteiger partial charge in [0, 0.05) is 5.75 Å². The van der Waals surface area contributed by atoms with Gasteiger partial charge >= 0.3 is 29.6 Å². The van der Waals surface area contributed by atoms with Crippen LogP contribution in [0.1, 0.15) is 53.0 Å². The maximum Gasteiger partial charge on any atom is 1.00 e. The van der Waals surface area contributed by atoms with E-state index in [0.717, 1.165) is 6.42 Å². The molecule has 23 heavy (non-hydrogen) atoms. The molecule has 0 spiro atoms. The fourth-order valence-electron chi connectivity index (χ4n) is 2.86. The summed E-state index contributed by atoms with van der Waals surface area (Å²) < 4.78 is 37.0. The van der Waals surface area contributed by atoms with E-state index in [9.17, 15) is 13.0 Å². The summed E-state index contributed by atoms with van der Waals surface area (Å²) in [4.78, 5) is 0. The average molecular weight is 350 g/mol. The van der Waals surface area contributed by atoms with Crippen LogP contribution in [0.5, 0.6) is 5.75 Å². The van der Waals surface area contributed by atoms with E-state index in [1.807, 2.05) is 24.3 Å². The minimum Gasteiger partial charge on any atom is -0.748 e. The van der Waals surface area contributed by atoms with E-state index in [1.54, 1.807) is 0 Å². The summed E-state index contributed by atoms with van der Waals surface area (Å²) in [5.41, 5.74) is 1.58. The Balaban J connectivity index is 0.00000484. The second kappa shape index (κ2) is 8.86. The summed E-state index contributed by atoms with van der Waals surface area (Å²) in [7, 11) is -4.15. The van der Waals surface area contributed by atoms with Crippen molar-refractivity contribution in [2.75, 3.05) is 12.4 Å². The van der Waals surface area contributed by atoms with E-state index in [2.05, 4.69) is 34.6 Å². The standard InChI is InChI=1S/C17H28O4S.Na/c1-16(2,3)13-17(4,5)14-7-9-15(10-8-14)21-11-6-12-22(18,19)20;/h7-10H,6,11-13H2,1-5H3,(H,18,19,20);/q;+1/p-1. The van der Waals surface area contributed by atoms with Gasteiger partial charge in [-0.1, -0.05) is 46.8 Å². The van der Waals surface area contributed by atoms with Crippen LogP contribution in [-0.4, -0.2) is 25.3 Å². The normalized spacial score (nSPS) is 12.6. The van der Waals surface area contributed by atoms with Crippen molar-refractivity contribution in [1.29, 1.82) is 0 Å². The Hall–Kier alpha value is -0.0700. The number of ether oxygens (including phenoxy) is 1. The summed E-state index contributed by atoms with van der Waals surface area (Å²) in [6.07, 6.45) is 1.28. The van der Waals surface area contributed by atoms with E-state index in [-0.39, 0.29) is 59.2 Å². The summed E-state index contributed by atoms with van der Waals surface area (Å²) in [5.74, 6) is 0.308. The molecule has 0 saturated carbocycles. The molecule has 0 radical (unpaired) electrons. The molecule has 1 aromatic rings. The van der Waals surface area contributed by atoms with E-state index in [4.69, 9.17) is 4.74 Å². The Kier molecular flexibility index (Phi) is 8.83. The molecule has 6 heteroatoms. The van der Waals surface area contributed by atoms with Gasteiger partial charge in [-0.25, -0.2) is 8.42 Å². The molecule has 4 nitrogen and oxygen atoms in total. The third-order valence-electron chi connectivity index (χ3n) is 3.42. The molecule has 0 amide bonds. The van der Waals surface area contributed by atoms with Crippen LogP contribution in [0.4, 0.5) is 0 Å². The van der Waals surface area contributed by atoms with E-state index in [0.29, 0.717) is 5.75 Å². The molecule has 126 valence electrons. The van der Waals surface area contributed by atoms with Crippen LogP contribution in [0.3, 0.4) is 0 Å². The van der Waals surface area contributed by atoms with Gasteiger partial charge in [0.05, 0.1) is 16.7 Å². The topological polar surface area (TPSA) is 66.4 Å². The van der Waals surface area contributed by atoms with Gasteiger partial charge in [0.1, 0.15) is 5.75 Å². The van der Waals surface area contributed by atoms with Crippen LogP contribution in [0, 0.1) is 5.41 Å². The fraction of sp³-hybridized carbons (Fsp3) is 0.647. The zero-order valence-corrected chi connectivity index (χ0v) is 18.0. The van der Waals surface area contributed by atoms with Gasteiger partial charge in [0.15, 0.2) is 0 Å². The van der Waals surface area contributed by atoms with E-state index < -0.39 is 10.1 Å². The van der Waals surface area contributed by atoms with Crippen LogP contribution >= 0.6 is 0 Å². The van der Waals surface area contributed by atoms with Gasteiger partial charge in [-0.2, -0.15) is 0 Å². The molecule has 0 aliphatic rings. The predicted octanol–water partition coefficient (Wildman–Crippen LogP) is 0.719. The summed E-state index contributed by atoms with van der Waals surface area (Å²) >= 11 is 0. The van der Waals surface area contributed by atoms with Crippen molar-refractivity contribution in [2.24, 2.45) is 5.41 Å². The molecule has 0 heterocycles. The van der Waals surface area contributed by atoms with E-state index in [1.165, 1.54) is 5.56 Å². The van der Waals surface area contributed by atoms with Crippen molar-refractivity contribution in [3.63, 3.8) is 0 Å². The summed E-state index contributed by atoms with van der Waals surface area (Å²) in [5, 5.41) is 0. The minimum absolute atomic E-state index is 0. The van der Waals surface area contributed by atoms with Crippen molar-refractivity contribution < 1.29 is 47.3 Å². The van der Waals surface area contributed by atoms with Crippen LogP contribution in [0.2, 0.25) is 0 Å². The molecule has 0 atom stereocenters. The molecule has 1 aromatic carbocycles. The Labute approximate surface area is 163 Å². The average Bonchev–Trinajstić information content (AvgIpc) is 2.31. The number of hydrogen-bond donors (Lipinski definition) is 0. The van der Waals surface area contributed by atoms with E-state index >= 15 is 0 Å².